The molecule has 1 aliphatic heterocycles. The van der Waals surface area contributed by atoms with Crippen LogP contribution in [0.3, 0.4) is 0 Å². The zero-order valence-electron chi connectivity index (χ0n) is 27.8. The summed E-state index contributed by atoms with van der Waals surface area (Å²) in [6, 6.07) is 4.97. The van der Waals surface area contributed by atoms with E-state index in [1.165, 1.54) is 12.1 Å². The van der Waals surface area contributed by atoms with Crippen LogP contribution in [0.2, 0.25) is 0 Å². The molecule has 11 atom stereocenters. The zero-order chi connectivity index (χ0) is 33.2. The van der Waals surface area contributed by atoms with Crippen LogP contribution in [0.4, 0.5) is 4.39 Å². The third-order valence-electron chi connectivity index (χ3n) is 13.5. The first-order valence-corrected chi connectivity index (χ1v) is 18.2. The molecule has 4 aliphatic carbocycles. The Balaban J connectivity index is 1.09. The van der Waals surface area contributed by atoms with Crippen LogP contribution in [0.1, 0.15) is 84.2 Å². The number of likely N-dealkylation sites (tertiary alicyclic amines) is 1. The topological polar surface area (TPSA) is 110 Å². The number of benzene rings is 1. The molecule has 1 saturated heterocycles. The lowest BCUT2D eigenvalue weighted by Gasteiger charge is -2.61. The first-order chi connectivity index (χ1) is 21.7. The minimum absolute atomic E-state index is 0.0577. The van der Waals surface area contributed by atoms with Crippen LogP contribution >= 0.6 is 11.8 Å². The third kappa shape index (κ3) is 5.46. The Morgan fingerprint density at radius 2 is 1.83 bits per heavy atom. The number of thioether (sulfide) groups is 1. The average molecular weight is 655 g/mol. The number of ether oxygens (including phenoxy) is 1. The van der Waals surface area contributed by atoms with Gasteiger partial charge >= 0.3 is 5.97 Å². The highest BCUT2D eigenvalue weighted by Crippen LogP contribution is 2.68. The summed E-state index contributed by atoms with van der Waals surface area (Å²) in [7, 11) is 0. The fourth-order valence-corrected chi connectivity index (χ4v) is 11.7. The number of Topliss-reactive ketones (excluding diaryl/α,β-unsaturated/α-hetero) is 1. The van der Waals surface area contributed by atoms with Gasteiger partial charge in [-0.1, -0.05) is 45.9 Å². The minimum atomic E-state index is -0.807. The van der Waals surface area contributed by atoms with Crippen LogP contribution in [0.15, 0.2) is 36.9 Å². The molecule has 5 fully saturated rings. The van der Waals surface area contributed by atoms with Gasteiger partial charge in [0.2, 0.25) is 5.91 Å². The van der Waals surface area contributed by atoms with E-state index < -0.39 is 29.1 Å². The highest BCUT2D eigenvalue weighted by atomic mass is 32.2. The summed E-state index contributed by atoms with van der Waals surface area (Å²) < 4.78 is 19.8. The van der Waals surface area contributed by atoms with Gasteiger partial charge in [0, 0.05) is 41.5 Å². The number of aliphatic hydroxyl groups is 1. The van der Waals surface area contributed by atoms with Crippen molar-refractivity contribution < 1.29 is 28.6 Å². The van der Waals surface area contributed by atoms with Crippen molar-refractivity contribution in [1.82, 2.24) is 4.90 Å². The maximum atomic E-state index is 13.6. The van der Waals surface area contributed by atoms with Gasteiger partial charge in [0.15, 0.2) is 0 Å². The van der Waals surface area contributed by atoms with E-state index in [0.29, 0.717) is 48.6 Å². The second-order valence-corrected chi connectivity index (χ2v) is 17.1. The molecule has 5 aliphatic rings. The molecule has 4 saturated carbocycles. The van der Waals surface area contributed by atoms with Crippen molar-refractivity contribution >= 4 is 29.4 Å². The van der Waals surface area contributed by atoms with Crippen molar-refractivity contribution in [3.63, 3.8) is 0 Å². The molecule has 1 aromatic carbocycles. The predicted octanol–water partition coefficient (Wildman–Crippen LogP) is 5.70. The number of nitrogens with two attached hydrogens (primary N) is 1. The van der Waals surface area contributed by atoms with E-state index in [2.05, 4.69) is 27.4 Å². The lowest BCUT2D eigenvalue weighted by molar-refractivity contribution is -0.205. The Bertz CT molecular complexity index is 1360. The number of halogens is 1. The monoisotopic (exact) mass is 654 g/mol. The van der Waals surface area contributed by atoms with Crippen LogP contribution in [-0.4, -0.2) is 64.0 Å². The SMILES string of the molecule is C=C[C@]1(C)C[C@@H](OC(=O)CSC2CC3CN(C(=O)[C@@H](N)c4ccc(F)cc4)CC3C2)[C@]2(C)[C@H](C)CC[C@]3(CCC(=O)[C@H]32)[C@@H](C)[C@@H]1O. The largest absolute Gasteiger partial charge is 0.461 e. The van der Waals surface area contributed by atoms with E-state index in [4.69, 9.17) is 10.5 Å². The van der Waals surface area contributed by atoms with Crippen LogP contribution < -0.4 is 5.73 Å². The average Bonchev–Trinajstić information content (AvgIpc) is 3.72. The van der Waals surface area contributed by atoms with E-state index >= 15 is 0 Å². The number of fused-ring (bicyclic) bond motifs is 1. The molecule has 1 amide bonds. The summed E-state index contributed by atoms with van der Waals surface area (Å²) in [5.41, 5.74) is 5.40. The number of amides is 1. The molecule has 7 nitrogen and oxygen atoms in total. The minimum Gasteiger partial charge on any atom is -0.461 e. The van der Waals surface area contributed by atoms with E-state index in [1.807, 2.05) is 17.9 Å². The van der Waals surface area contributed by atoms with E-state index in [0.717, 1.165) is 32.1 Å². The molecule has 2 unspecified atom stereocenters. The molecule has 0 spiro atoms. The number of ketones is 1. The Hall–Kier alpha value is -2.23. The number of esters is 1. The summed E-state index contributed by atoms with van der Waals surface area (Å²) in [5.74, 6) is 0.377. The summed E-state index contributed by atoms with van der Waals surface area (Å²) in [5, 5.41) is 12.1. The zero-order valence-corrected chi connectivity index (χ0v) is 28.6. The van der Waals surface area contributed by atoms with Gasteiger partial charge in [0.25, 0.3) is 0 Å². The number of carbonyl (C=O) groups excluding carboxylic acids is 3. The predicted molar refractivity (Wildman–Crippen MR) is 177 cm³/mol. The molecule has 2 bridgehead atoms. The van der Waals surface area contributed by atoms with Crippen LogP contribution in [0.25, 0.3) is 0 Å². The molecular weight excluding hydrogens is 603 g/mol. The Labute approximate surface area is 277 Å². The van der Waals surface area contributed by atoms with Crippen molar-refractivity contribution in [2.75, 3.05) is 18.8 Å². The highest BCUT2D eigenvalue weighted by Gasteiger charge is 2.68. The maximum Gasteiger partial charge on any atom is 0.316 e. The van der Waals surface area contributed by atoms with Gasteiger partial charge in [-0.15, -0.1) is 18.3 Å². The summed E-state index contributed by atoms with van der Waals surface area (Å²) in [4.78, 5) is 42.2. The van der Waals surface area contributed by atoms with Crippen molar-refractivity contribution in [1.29, 1.82) is 0 Å². The van der Waals surface area contributed by atoms with E-state index in [9.17, 15) is 23.9 Å². The number of nitrogens with zero attached hydrogens (tertiary/aromatic N) is 1. The van der Waals surface area contributed by atoms with Crippen LogP contribution in [0, 0.1) is 51.7 Å². The van der Waals surface area contributed by atoms with Crippen molar-refractivity contribution in [2.24, 2.45) is 51.6 Å². The fourth-order valence-electron chi connectivity index (χ4n) is 10.4. The first-order valence-electron chi connectivity index (χ1n) is 17.2. The lowest BCUT2D eigenvalue weighted by atomic mass is 9.44. The van der Waals surface area contributed by atoms with Gasteiger partial charge in [0.1, 0.15) is 23.7 Å². The smallest absolute Gasteiger partial charge is 0.316 e. The van der Waals surface area contributed by atoms with Gasteiger partial charge in [-0.25, -0.2) is 4.39 Å². The second-order valence-electron chi connectivity index (χ2n) is 15.8. The van der Waals surface area contributed by atoms with Gasteiger partial charge in [-0.3, -0.25) is 14.4 Å². The molecule has 1 heterocycles. The Morgan fingerprint density at radius 3 is 2.46 bits per heavy atom. The quantitative estimate of drug-likeness (QED) is 0.287. The summed E-state index contributed by atoms with van der Waals surface area (Å²) >= 11 is 1.63. The number of aliphatic hydroxyl groups excluding tert-OH is 1. The van der Waals surface area contributed by atoms with Gasteiger partial charge in [-0.2, -0.15) is 0 Å². The Kier molecular flexibility index (Phi) is 9.03. The number of hydrogen-bond donors (Lipinski definition) is 2. The Morgan fingerprint density at radius 1 is 1.17 bits per heavy atom. The third-order valence-corrected chi connectivity index (χ3v) is 14.8. The maximum absolute atomic E-state index is 13.6. The molecule has 46 heavy (non-hydrogen) atoms. The van der Waals surface area contributed by atoms with Crippen LogP contribution in [-0.2, 0) is 19.1 Å². The molecule has 0 aromatic heterocycles. The van der Waals surface area contributed by atoms with Gasteiger partial charge in [-0.05, 0) is 85.3 Å². The number of carbonyl (C=O) groups is 3. The van der Waals surface area contributed by atoms with E-state index in [1.54, 1.807) is 23.9 Å². The first kappa shape index (κ1) is 33.7. The molecule has 6 rings (SSSR count). The molecule has 252 valence electrons. The summed E-state index contributed by atoms with van der Waals surface area (Å²) in [6.07, 6.45) is 6.11. The second kappa shape index (κ2) is 12.3. The fraction of sp³-hybridized carbons (Fsp3) is 0.703. The summed E-state index contributed by atoms with van der Waals surface area (Å²) in [6.45, 7) is 13.9. The van der Waals surface area contributed by atoms with Crippen molar-refractivity contribution in [2.45, 2.75) is 96.1 Å². The van der Waals surface area contributed by atoms with Gasteiger partial charge in [0.05, 0.1) is 11.9 Å². The molecule has 3 N–H and O–H groups in total. The molecule has 0 radical (unpaired) electrons. The number of hydrogen-bond acceptors (Lipinski definition) is 7. The molecule has 1 aromatic rings. The van der Waals surface area contributed by atoms with Crippen LogP contribution in [0.5, 0.6) is 0 Å². The normalized spacial score (nSPS) is 42.5. The van der Waals surface area contributed by atoms with Crippen molar-refractivity contribution in [3.8, 4) is 0 Å². The molecule has 9 heteroatoms. The van der Waals surface area contributed by atoms with Crippen molar-refractivity contribution in [3.05, 3.63) is 48.3 Å². The van der Waals surface area contributed by atoms with E-state index in [-0.39, 0.29) is 52.4 Å². The molecular formula is C37H51FN2O5S. The van der Waals surface area contributed by atoms with Gasteiger partial charge < -0.3 is 20.5 Å². The standard InChI is InChI=1S/C37H51FN2O5S/c1-6-35(4)17-29(36(5)21(2)11-13-37(22(3)33(35)43)14-12-28(41)32(36)37)45-30(42)20-46-27-15-24-18-40(19-25(24)16-27)34(44)31(39)23-7-9-26(38)10-8-23/h6-10,21-22,24-25,27,29,31-33,43H,1,11-20,39H2,2-5H3/t21-,22+,24?,25?,27?,29-,31+,32+,33+,35-,36+,37+/m1/s1. The highest BCUT2D eigenvalue weighted by molar-refractivity contribution is 8.00. The number of rotatable bonds is 7. The lowest BCUT2D eigenvalue weighted by Crippen LogP contribution is -2.63.